The number of ether oxygens (including phenoxy) is 2. The van der Waals surface area contributed by atoms with Gasteiger partial charge in [0, 0.05) is 12.6 Å². The fraction of sp³-hybridized carbons (Fsp3) is 0.400. The normalized spacial score (nSPS) is 11.2. The molecule has 0 spiro atoms. The van der Waals surface area contributed by atoms with E-state index in [1.165, 1.54) is 6.92 Å². The number of hydrogen-bond acceptors (Lipinski definition) is 5. The van der Waals surface area contributed by atoms with E-state index in [1.807, 2.05) is 0 Å². The molecule has 0 aliphatic rings. The fourth-order valence-electron chi connectivity index (χ4n) is 1.33. The van der Waals surface area contributed by atoms with Crippen molar-refractivity contribution in [3.05, 3.63) is 22.9 Å². The summed E-state index contributed by atoms with van der Waals surface area (Å²) in [5.74, 6) is -1.52. The number of carbonyl (C=O) groups is 1. The first kappa shape index (κ1) is 14.2. The average molecular weight is 264 g/mol. The number of pyridine rings is 1. The van der Waals surface area contributed by atoms with Gasteiger partial charge in [-0.25, -0.2) is 9.78 Å². The van der Waals surface area contributed by atoms with E-state index < -0.39 is 18.2 Å². The van der Waals surface area contributed by atoms with E-state index in [9.17, 15) is 18.0 Å². The van der Waals surface area contributed by atoms with Gasteiger partial charge in [0.1, 0.15) is 0 Å². The molecule has 0 aromatic carbocycles. The lowest BCUT2D eigenvalue weighted by atomic mass is 10.1. The van der Waals surface area contributed by atoms with Crippen molar-refractivity contribution in [2.75, 3.05) is 7.11 Å². The molecule has 0 saturated carbocycles. The Morgan fingerprint density at radius 3 is 2.56 bits per heavy atom. The number of hydrogen-bond donors (Lipinski definition) is 1. The molecule has 5 nitrogen and oxygen atoms in total. The Bertz CT molecular complexity index is 460. The smallest absolute Gasteiger partial charge is 0.465 e. The molecular formula is C10H11F3N2O3. The van der Waals surface area contributed by atoms with Crippen molar-refractivity contribution in [1.29, 1.82) is 0 Å². The average Bonchev–Trinajstić information content (AvgIpc) is 2.28. The Morgan fingerprint density at radius 2 is 2.11 bits per heavy atom. The van der Waals surface area contributed by atoms with Crippen LogP contribution in [0, 0.1) is 6.92 Å². The van der Waals surface area contributed by atoms with Crippen molar-refractivity contribution < 1.29 is 27.4 Å². The predicted octanol–water partition coefficient (Wildman–Crippen LogP) is 1.53. The van der Waals surface area contributed by atoms with E-state index in [-0.39, 0.29) is 17.8 Å². The second kappa shape index (κ2) is 5.21. The Balaban J connectivity index is 3.26. The number of nitrogens with two attached hydrogens (primary N) is 1. The number of rotatable bonds is 3. The summed E-state index contributed by atoms with van der Waals surface area (Å²) in [6, 6.07) is 0.869. The van der Waals surface area contributed by atoms with E-state index in [0.717, 1.165) is 13.2 Å². The minimum absolute atomic E-state index is 0.0628. The summed E-state index contributed by atoms with van der Waals surface area (Å²) in [6.07, 6.45) is -4.89. The lowest BCUT2D eigenvalue weighted by Gasteiger charge is -2.13. The summed E-state index contributed by atoms with van der Waals surface area (Å²) in [7, 11) is 1.12. The first-order valence-electron chi connectivity index (χ1n) is 4.83. The molecule has 1 aromatic heterocycles. The number of alkyl halides is 3. The van der Waals surface area contributed by atoms with Crippen LogP contribution in [-0.2, 0) is 11.3 Å². The number of nitrogens with zero attached hydrogens (tertiary/aromatic N) is 1. The predicted molar refractivity (Wildman–Crippen MR) is 54.9 cm³/mol. The highest BCUT2D eigenvalue weighted by Gasteiger charge is 2.32. The van der Waals surface area contributed by atoms with Crippen molar-refractivity contribution >= 4 is 5.97 Å². The zero-order valence-electron chi connectivity index (χ0n) is 9.67. The van der Waals surface area contributed by atoms with Crippen LogP contribution in [0.1, 0.15) is 21.6 Å². The van der Waals surface area contributed by atoms with Crippen molar-refractivity contribution in [2.45, 2.75) is 19.8 Å². The van der Waals surface area contributed by atoms with E-state index >= 15 is 0 Å². The topological polar surface area (TPSA) is 74.4 Å². The summed E-state index contributed by atoms with van der Waals surface area (Å²) in [5.41, 5.74) is 5.78. The van der Waals surface area contributed by atoms with E-state index in [0.29, 0.717) is 5.56 Å². The standard InChI is InChI=1S/C10H11F3N2O3/c1-5-6(9(16)17-2)3-8(15-7(5)4-14)18-10(11,12)13/h3H,4,14H2,1-2H3. The third-order valence-corrected chi connectivity index (χ3v) is 2.17. The zero-order valence-corrected chi connectivity index (χ0v) is 9.67. The van der Waals surface area contributed by atoms with Crippen molar-refractivity contribution in [1.82, 2.24) is 4.98 Å². The first-order valence-corrected chi connectivity index (χ1v) is 4.83. The van der Waals surface area contributed by atoms with Gasteiger partial charge in [0.25, 0.3) is 0 Å². The highest BCUT2D eigenvalue weighted by atomic mass is 19.4. The molecule has 1 heterocycles. The minimum atomic E-state index is -4.89. The van der Waals surface area contributed by atoms with Gasteiger partial charge < -0.3 is 15.2 Å². The Labute approximate surface area is 101 Å². The molecule has 0 radical (unpaired) electrons. The lowest BCUT2D eigenvalue weighted by molar-refractivity contribution is -0.276. The maximum atomic E-state index is 12.1. The number of halogens is 3. The van der Waals surface area contributed by atoms with E-state index in [1.54, 1.807) is 0 Å². The molecule has 0 aliphatic carbocycles. The highest BCUT2D eigenvalue weighted by molar-refractivity contribution is 5.91. The molecule has 100 valence electrons. The SMILES string of the molecule is COC(=O)c1cc(OC(F)(F)F)nc(CN)c1C. The third kappa shape index (κ3) is 3.33. The largest absolute Gasteiger partial charge is 0.574 e. The number of esters is 1. The molecule has 0 amide bonds. The van der Waals surface area contributed by atoms with Gasteiger partial charge in [-0.2, -0.15) is 0 Å². The lowest BCUT2D eigenvalue weighted by Crippen LogP contribution is -2.20. The van der Waals surface area contributed by atoms with Crippen LogP contribution < -0.4 is 10.5 Å². The molecule has 8 heteroatoms. The second-order valence-electron chi connectivity index (χ2n) is 3.32. The van der Waals surface area contributed by atoms with Crippen molar-refractivity contribution in [2.24, 2.45) is 5.73 Å². The Kier molecular flexibility index (Phi) is 4.12. The number of methoxy groups -OCH3 is 1. The summed E-state index contributed by atoms with van der Waals surface area (Å²) >= 11 is 0. The number of carbonyl (C=O) groups excluding carboxylic acids is 1. The van der Waals surface area contributed by atoms with Gasteiger partial charge in [0.15, 0.2) is 0 Å². The van der Waals surface area contributed by atoms with Crippen LogP contribution in [-0.4, -0.2) is 24.4 Å². The molecule has 0 saturated heterocycles. The van der Waals surface area contributed by atoms with Crippen LogP contribution in [0.5, 0.6) is 5.88 Å². The van der Waals surface area contributed by atoms with Crippen LogP contribution in [0.15, 0.2) is 6.07 Å². The summed E-state index contributed by atoms with van der Waals surface area (Å²) in [4.78, 5) is 15.0. The van der Waals surface area contributed by atoms with Crippen molar-refractivity contribution in [3.63, 3.8) is 0 Å². The van der Waals surface area contributed by atoms with Gasteiger partial charge in [-0.05, 0) is 12.5 Å². The van der Waals surface area contributed by atoms with Gasteiger partial charge in [-0.1, -0.05) is 0 Å². The van der Waals surface area contributed by atoms with Crippen LogP contribution in [0.2, 0.25) is 0 Å². The van der Waals surface area contributed by atoms with Gasteiger partial charge >= 0.3 is 12.3 Å². The molecule has 18 heavy (non-hydrogen) atoms. The van der Waals surface area contributed by atoms with Crippen LogP contribution >= 0.6 is 0 Å². The maximum Gasteiger partial charge on any atom is 0.574 e. The van der Waals surface area contributed by atoms with Gasteiger partial charge in [0.2, 0.25) is 5.88 Å². The third-order valence-electron chi connectivity index (χ3n) is 2.17. The summed E-state index contributed by atoms with van der Waals surface area (Å²) in [6.45, 7) is 1.39. The van der Waals surface area contributed by atoms with Crippen LogP contribution in [0.25, 0.3) is 0 Å². The van der Waals surface area contributed by atoms with Crippen LogP contribution in [0.4, 0.5) is 13.2 Å². The molecule has 2 N–H and O–H groups in total. The Morgan fingerprint density at radius 1 is 1.50 bits per heavy atom. The molecule has 0 fully saturated rings. The van der Waals surface area contributed by atoms with Gasteiger partial charge in [0.05, 0.1) is 18.4 Å². The quantitative estimate of drug-likeness (QED) is 0.838. The maximum absolute atomic E-state index is 12.1. The summed E-state index contributed by atoms with van der Waals surface area (Å²) in [5, 5.41) is 0. The monoisotopic (exact) mass is 264 g/mol. The van der Waals surface area contributed by atoms with Gasteiger partial charge in [-0.15, -0.1) is 13.2 Å². The molecule has 1 aromatic rings. The van der Waals surface area contributed by atoms with E-state index in [4.69, 9.17) is 5.73 Å². The minimum Gasteiger partial charge on any atom is -0.465 e. The highest BCUT2D eigenvalue weighted by Crippen LogP contribution is 2.24. The molecule has 0 atom stereocenters. The molecule has 0 aliphatic heterocycles. The van der Waals surface area contributed by atoms with Crippen LogP contribution in [0.3, 0.4) is 0 Å². The first-order chi connectivity index (χ1) is 8.28. The fourth-order valence-corrected chi connectivity index (χ4v) is 1.33. The molecule has 1 rings (SSSR count). The molecular weight excluding hydrogens is 253 g/mol. The molecule has 0 bridgehead atoms. The van der Waals surface area contributed by atoms with Gasteiger partial charge in [-0.3, -0.25) is 0 Å². The Hall–Kier alpha value is -1.83. The van der Waals surface area contributed by atoms with E-state index in [2.05, 4.69) is 14.5 Å². The van der Waals surface area contributed by atoms with Crippen molar-refractivity contribution in [3.8, 4) is 5.88 Å². The molecule has 0 unspecified atom stereocenters. The second-order valence-corrected chi connectivity index (χ2v) is 3.32. The summed E-state index contributed by atoms with van der Waals surface area (Å²) < 4.78 is 44.4. The zero-order chi connectivity index (χ0) is 13.9. The number of aromatic nitrogens is 1.